The molecule has 4 aliphatic carbocycles. The Hall–Kier alpha value is -0.530. The standard InChI is InChI=1S/C25H42O6/c1-15(13-29-4)17-6-7-19-23(17,2)11-9-20-24(3)10-8-16(31-14-30-5)12-18(24)21(26)22(27)25(19,20)28/h15-20,22,27-28H,6-14H2,1-5H3/t15-,16+,17-,18-,19-,20?,22-,23-,24+,25+/m1/s1. The number of carbonyl (C=O) groups is 1. The van der Waals surface area contributed by atoms with Crippen molar-refractivity contribution >= 4 is 5.78 Å². The lowest BCUT2D eigenvalue weighted by Gasteiger charge is -2.65. The van der Waals surface area contributed by atoms with Crippen molar-refractivity contribution in [3.8, 4) is 0 Å². The molecule has 0 radical (unpaired) electrons. The molecule has 178 valence electrons. The highest BCUT2D eigenvalue weighted by molar-refractivity contribution is 5.89. The van der Waals surface area contributed by atoms with Crippen molar-refractivity contribution in [1.29, 1.82) is 0 Å². The van der Waals surface area contributed by atoms with Gasteiger partial charge in [0.25, 0.3) is 0 Å². The zero-order chi connectivity index (χ0) is 22.6. The molecule has 6 nitrogen and oxygen atoms in total. The molecular formula is C25H42O6. The maximum Gasteiger partial charge on any atom is 0.167 e. The van der Waals surface area contributed by atoms with Crippen LogP contribution in [0.25, 0.3) is 0 Å². The summed E-state index contributed by atoms with van der Waals surface area (Å²) in [6.07, 6.45) is 4.76. The number of carbonyl (C=O) groups excluding carboxylic acids is 1. The Balaban J connectivity index is 1.64. The molecule has 0 heterocycles. The second-order valence-electron chi connectivity index (χ2n) is 11.5. The van der Waals surface area contributed by atoms with Crippen LogP contribution < -0.4 is 0 Å². The van der Waals surface area contributed by atoms with E-state index in [2.05, 4.69) is 20.8 Å². The molecule has 4 fully saturated rings. The van der Waals surface area contributed by atoms with E-state index in [0.717, 1.165) is 38.5 Å². The Labute approximate surface area is 187 Å². The first kappa shape index (κ1) is 23.6. The Kier molecular flexibility index (Phi) is 6.37. The highest BCUT2D eigenvalue weighted by atomic mass is 16.7. The summed E-state index contributed by atoms with van der Waals surface area (Å²) in [6, 6.07) is 0. The van der Waals surface area contributed by atoms with Gasteiger partial charge in [-0.25, -0.2) is 0 Å². The van der Waals surface area contributed by atoms with Crippen molar-refractivity contribution < 1.29 is 29.2 Å². The molecule has 31 heavy (non-hydrogen) atoms. The maximum absolute atomic E-state index is 13.5. The topological polar surface area (TPSA) is 85.2 Å². The summed E-state index contributed by atoms with van der Waals surface area (Å²) in [5, 5.41) is 23.6. The van der Waals surface area contributed by atoms with Crippen molar-refractivity contribution in [2.24, 2.45) is 40.4 Å². The van der Waals surface area contributed by atoms with Crippen LogP contribution in [0.2, 0.25) is 0 Å². The molecule has 0 amide bonds. The fourth-order valence-electron chi connectivity index (χ4n) is 8.75. The monoisotopic (exact) mass is 438 g/mol. The number of ketones is 1. The first-order valence-electron chi connectivity index (χ1n) is 12.2. The van der Waals surface area contributed by atoms with Crippen molar-refractivity contribution in [3.63, 3.8) is 0 Å². The number of Topliss-reactive ketones (excluding diaryl/α,β-unsaturated/α-hetero) is 1. The quantitative estimate of drug-likeness (QED) is 0.620. The third-order valence-electron chi connectivity index (χ3n) is 10.2. The molecule has 6 heteroatoms. The minimum Gasteiger partial charge on any atom is -0.386 e. The summed E-state index contributed by atoms with van der Waals surface area (Å²) < 4.78 is 16.3. The van der Waals surface area contributed by atoms with Gasteiger partial charge in [-0.3, -0.25) is 4.79 Å². The van der Waals surface area contributed by atoms with E-state index in [-0.39, 0.29) is 47.3 Å². The smallest absolute Gasteiger partial charge is 0.167 e. The SMILES string of the molecule is COCO[C@H]1CC[C@]2(C)C3CC[C@]4(C)[C@@H]([C@H](C)COC)CC[C@H]4[C@@]3(O)[C@H](O)C(=O)[C@H]2C1. The summed E-state index contributed by atoms with van der Waals surface area (Å²) >= 11 is 0. The molecule has 0 saturated heterocycles. The van der Waals surface area contributed by atoms with Crippen LogP contribution in [-0.2, 0) is 19.0 Å². The number of ether oxygens (including phenoxy) is 3. The Morgan fingerprint density at radius 2 is 1.71 bits per heavy atom. The van der Waals surface area contributed by atoms with Crippen molar-refractivity contribution in [2.75, 3.05) is 27.6 Å². The highest BCUT2D eigenvalue weighted by Gasteiger charge is 2.72. The maximum atomic E-state index is 13.5. The first-order valence-corrected chi connectivity index (χ1v) is 12.2. The van der Waals surface area contributed by atoms with Gasteiger partial charge in [0, 0.05) is 26.7 Å². The molecule has 4 saturated carbocycles. The zero-order valence-electron chi connectivity index (χ0n) is 19.9. The minimum atomic E-state index is -1.34. The first-order chi connectivity index (χ1) is 14.6. The van der Waals surface area contributed by atoms with Gasteiger partial charge < -0.3 is 24.4 Å². The lowest BCUT2D eigenvalue weighted by atomic mass is 9.41. The molecule has 1 unspecified atom stereocenters. The van der Waals surface area contributed by atoms with Crippen LogP contribution >= 0.6 is 0 Å². The lowest BCUT2D eigenvalue weighted by Crippen LogP contribution is -2.73. The van der Waals surface area contributed by atoms with Crippen molar-refractivity contribution in [2.45, 2.75) is 83.5 Å². The second-order valence-corrected chi connectivity index (χ2v) is 11.5. The Bertz CT molecular complexity index is 683. The van der Waals surface area contributed by atoms with E-state index >= 15 is 0 Å². The third-order valence-corrected chi connectivity index (χ3v) is 10.2. The zero-order valence-corrected chi connectivity index (χ0v) is 19.9. The average molecular weight is 439 g/mol. The van der Waals surface area contributed by atoms with Crippen LogP contribution in [0.4, 0.5) is 0 Å². The van der Waals surface area contributed by atoms with Gasteiger partial charge in [-0.05, 0) is 79.4 Å². The Morgan fingerprint density at radius 3 is 2.39 bits per heavy atom. The van der Waals surface area contributed by atoms with Gasteiger partial charge in [-0.2, -0.15) is 0 Å². The summed E-state index contributed by atoms with van der Waals surface area (Å²) in [7, 11) is 3.34. The van der Waals surface area contributed by atoms with E-state index in [9.17, 15) is 15.0 Å². The van der Waals surface area contributed by atoms with Crippen LogP contribution in [0.15, 0.2) is 0 Å². The van der Waals surface area contributed by atoms with Crippen LogP contribution in [0, 0.1) is 40.4 Å². The van der Waals surface area contributed by atoms with Crippen LogP contribution in [-0.4, -0.2) is 61.4 Å². The molecule has 0 aliphatic heterocycles. The number of hydrogen-bond acceptors (Lipinski definition) is 6. The van der Waals surface area contributed by atoms with Gasteiger partial charge >= 0.3 is 0 Å². The number of aliphatic hydroxyl groups is 2. The molecule has 2 N–H and O–H groups in total. The molecule has 0 aromatic rings. The van der Waals surface area contributed by atoms with E-state index in [0.29, 0.717) is 24.9 Å². The third kappa shape index (κ3) is 3.35. The largest absolute Gasteiger partial charge is 0.386 e. The normalized spacial score (nSPS) is 50.5. The molecule has 4 rings (SSSR count). The summed E-state index contributed by atoms with van der Waals surface area (Å²) in [5.74, 6) is 0.279. The molecule has 4 aliphatic rings. The number of aliphatic hydroxyl groups excluding tert-OH is 1. The molecule has 0 aromatic heterocycles. The van der Waals surface area contributed by atoms with E-state index in [1.165, 1.54) is 0 Å². The summed E-state index contributed by atoms with van der Waals surface area (Å²) in [4.78, 5) is 13.5. The van der Waals surface area contributed by atoms with E-state index in [4.69, 9.17) is 14.2 Å². The molecular weight excluding hydrogens is 396 g/mol. The average Bonchev–Trinajstić information content (AvgIpc) is 3.10. The van der Waals surface area contributed by atoms with E-state index < -0.39 is 11.7 Å². The minimum absolute atomic E-state index is 0.0278. The molecule has 0 spiro atoms. The predicted octanol–water partition coefficient (Wildman–Crippen LogP) is 3.18. The molecule has 0 bridgehead atoms. The van der Waals surface area contributed by atoms with Gasteiger partial charge in [-0.15, -0.1) is 0 Å². The predicted molar refractivity (Wildman–Crippen MR) is 116 cm³/mol. The van der Waals surface area contributed by atoms with Crippen molar-refractivity contribution in [3.05, 3.63) is 0 Å². The fraction of sp³-hybridized carbons (Fsp3) is 0.960. The van der Waals surface area contributed by atoms with Crippen LogP contribution in [0.3, 0.4) is 0 Å². The number of methoxy groups -OCH3 is 2. The van der Waals surface area contributed by atoms with Gasteiger partial charge in [0.15, 0.2) is 5.78 Å². The van der Waals surface area contributed by atoms with Gasteiger partial charge in [-0.1, -0.05) is 20.8 Å². The number of fused-ring (bicyclic) bond motifs is 5. The summed E-state index contributed by atoms with van der Waals surface area (Å²) in [5.41, 5.74) is -1.71. The van der Waals surface area contributed by atoms with Gasteiger partial charge in [0.2, 0.25) is 0 Å². The van der Waals surface area contributed by atoms with Gasteiger partial charge in [0.05, 0.1) is 6.10 Å². The Morgan fingerprint density at radius 1 is 1.03 bits per heavy atom. The molecule has 0 aromatic carbocycles. The van der Waals surface area contributed by atoms with Crippen LogP contribution in [0.5, 0.6) is 0 Å². The van der Waals surface area contributed by atoms with Crippen LogP contribution in [0.1, 0.15) is 65.7 Å². The highest BCUT2D eigenvalue weighted by Crippen LogP contribution is 2.69. The summed E-state index contributed by atoms with van der Waals surface area (Å²) in [6.45, 7) is 7.64. The van der Waals surface area contributed by atoms with E-state index in [1.807, 2.05) is 0 Å². The lowest BCUT2D eigenvalue weighted by molar-refractivity contribution is -0.259. The second kappa shape index (κ2) is 8.35. The van der Waals surface area contributed by atoms with E-state index in [1.54, 1.807) is 14.2 Å². The number of hydrogen-bond donors (Lipinski definition) is 2. The molecule has 10 atom stereocenters. The van der Waals surface area contributed by atoms with Crippen molar-refractivity contribution in [1.82, 2.24) is 0 Å². The number of rotatable bonds is 6. The van der Waals surface area contributed by atoms with Gasteiger partial charge in [0.1, 0.15) is 18.5 Å². The fourth-order valence-corrected chi connectivity index (χ4v) is 8.75.